The standard InChI is InChI=1S/C35H31N7O5S2/c1-22-30(34(45)42(37(22)2)24-8-4-3-5-9-24)41-33(44)28(49-35(41)48)19-25-31(36-29-10-6-7-13-40(29)32(25)43)39-16-14-38(15-17-39)20-23-11-12-26-27(18-23)47-21-46-26/h3-13,18-19H,14-17,20-21H2,1-2H3/b28-19+. The van der Waals surface area contributed by atoms with Crippen molar-refractivity contribution in [3.63, 3.8) is 0 Å². The zero-order chi connectivity index (χ0) is 33.8. The Morgan fingerprint density at radius 2 is 1.67 bits per heavy atom. The van der Waals surface area contributed by atoms with E-state index in [2.05, 4.69) is 9.80 Å². The Bertz CT molecular complexity index is 2310. The van der Waals surface area contributed by atoms with Crippen molar-refractivity contribution in [3.05, 3.63) is 115 Å². The Labute approximate surface area is 290 Å². The predicted octanol–water partition coefficient (Wildman–Crippen LogP) is 3.95. The van der Waals surface area contributed by atoms with Crippen molar-refractivity contribution in [2.45, 2.75) is 13.5 Å². The summed E-state index contributed by atoms with van der Waals surface area (Å²) in [5.74, 6) is 1.57. The summed E-state index contributed by atoms with van der Waals surface area (Å²) in [7, 11) is 1.77. The van der Waals surface area contributed by atoms with E-state index in [0.29, 0.717) is 41.5 Å². The predicted molar refractivity (Wildman–Crippen MR) is 193 cm³/mol. The lowest BCUT2D eigenvalue weighted by Crippen LogP contribution is -2.47. The third kappa shape index (κ3) is 5.41. The number of anilines is 2. The molecule has 8 rings (SSSR count). The van der Waals surface area contributed by atoms with Gasteiger partial charge in [0.2, 0.25) is 6.79 Å². The first-order valence-electron chi connectivity index (χ1n) is 15.8. The van der Waals surface area contributed by atoms with Gasteiger partial charge in [0.25, 0.3) is 17.0 Å². The zero-order valence-electron chi connectivity index (χ0n) is 26.7. The highest BCUT2D eigenvalue weighted by molar-refractivity contribution is 8.27. The van der Waals surface area contributed by atoms with Crippen LogP contribution in [0.4, 0.5) is 11.5 Å². The average molecular weight is 694 g/mol. The van der Waals surface area contributed by atoms with Crippen LogP contribution in [-0.4, -0.2) is 66.8 Å². The summed E-state index contributed by atoms with van der Waals surface area (Å²) in [6.07, 6.45) is 3.25. The van der Waals surface area contributed by atoms with Gasteiger partial charge >= 0.3 is 0 Å². The summed E-state index contributed by atoms with van der Waals surface area (Å²) in [6, 6.07) is 20.6. The van der Waals surface area contributed by atoms with Gasteiger partial charge in [0.1, 0.15) is 17.2 Å². The maximum absolute atomic E-state index is 14.1. The van der Waals surface area contributed by atoms with Crippen molar-refractivity contribution in [2.75, 3.05) is 42.8 Å². The number of amides is 1. The first-order valence-corrected chi connectivity index (χ1v) is 17.0. The molecule has 0 aliphatic carbocycles. The molecule has 3 aliphatic heterocycles. The molecule has 5 aromatic rings. The van der Waals surface area contributed by atoms with Gasteiger partial charge < -0.3 is 14.4 Å². The van der Waals surface area contributed by atoms with Gasteiger partial charge in [-0.15, -0.1) is 0 Å². The van der Waals surface area contributed by atoms with Crippen molar-refractivity contribution >= 4 is 57.4 Å². The molecule has 1 amide bonds. The second kappa shape index (κ2) is 12.4. The topological polar surface area (TPSA) is 107 Å². The van der Waals surface area contributed by atoms with E-state index in [0.717, 1.165) is 48.5 Å². The van der Waals surface area contributed by atoms with Crippen LogP contribution < -0.4 is 30.4 Å². The summed E-state index contributed by atoms with van der Waals surface area (Å²) < 4.78 is 15.9. The molecule has 49 heavy (non-hydrogen) atoms. The van der Waals surface area contributed by atoms with Gasteiger partial charge in [-0.1, -0.05) is 54.3 Å². The molecule has 0 N–H and O–H groups in total. The third-order valence-electron chi connectivity index (χ3n) is 9.08. The number of benzene rings is 2. The molecule has 0 bridgehead atoms. The number of aromatic nitrogens is 4. The minimum absolute atomic E-state index is 0.185. The molecule has 2 fully saturated rings. The summed E-state index contributed by atoms with van der Waals surface area (Å²) >= 11 is 6.75. The Kier molecular flexibility index (Phi) is 7.85. The number of hydrogen-bond acceptors (Lipinski definition) is 10. The number of rotatable bonds is 6. The SMILES string of the molecule is Cc1c(N2C(=O)/C(=C\c3c(N4CCN(Cc5ccc6c(c5)OCO6)CC4)nc4ccccn4c3=O)SC2=S)c(=O)n(-c2ccccc2)n1C. The monoisotopic (exact) mass is 693 g/mol. The molecule has 0 saturated carbocycles. The number of pyridine rings is 1. The number of thioether (sulfide) groups is 1. The first-order chi connectivity index (χ1) is 23.8. The fourth-order valence-corrected chi connectivity index (χ4v) is 7.73. The van der Waals surface area contributed by atoms with Gasteiger partial charge in [-0.2, -0.15) is 0 Å². The van der Waals surface area contributed by atoms with Gasteiger partial charge in [-0.05, 0) is 55.0 Å². The minimum atomic E-state index is -0.460. The van der Waals surface area contributed by atoms with Gasteiger partial charge in [-0.25, -0.2) is 9.67 Å². The number of para-hydroxylation sites is 1. The van der Waals surface area contributed by atoms with Crippen molar-refractivity contribution in [1.29, 1.82) is 0 Å². The van der Waals surface area contributed by atoms with Crippen LogP contribution in [0.15, 0.2) is 87.4 Å². The molecule has 12 nitrogen and oxygen atoms in total. The van der Waals surface area contributed by atoms with E-state index < -0.39 is 5.91 Å². The lowest BCUT2D eigenvalue weighted by atomic mass is 10.1. The number of fused-ring (bicyclic) bond motifs is 2. The van der Waals surface area contributed by atoms with E-state index in [1.807, 2.05) is 54.6 Å². The Morgan fingerprint density at radius 1 is 0.918 bits per heavy atom. The van der Waals surface area contributed by atoms with E-state index in [4.69, 9.17) is 26.7 Å². The second-order valence-corrected chi connectivity index (χ2v) is 13.6. The number of carbonyl (C=O) groups is 1. The van der Waals surface area contributed by atoms with Crippen LogP contribution in [0.25, 0.3) is 17.4 Å². The van der Waals surface area contributed by atoms with Crippen LogP contribution in [0.1, 0.15) is 16.8 Å². The largest absolute Gasteiger partial charge is 0.454 e. The minimum Gasteiger partial charge on any atom is -0.454 e. The molecular formula is C35H31N7O5S2. The number of nitrogens with zero attached hydrogens (tertiary/aromatic N) is 7. The zero-order valence-corrected chi connectivity index (χ0v) is 28.4. The molecule has 248 valence electrons. The van der Waals surface area contributed by atoms with Crippen molar-refractivity contribution < 1.29 is 14.3 Å². The third-order valence-corrected chi connectivity index (χ3v) is 10.4. The quantitative estimate of drug-likeness (QED) is 0.192. The molecule has 3 aliphatic rings. The first kappa shape index (κ1) is 31.1. The van der Waals surface area contributed by atoms with Crippen LogP contribution in [0.2, 0.25) is 0 Å². The lowest BCUT2D eigenvalue weighted by molar-refractivity contribution is -0.113. The Morgan fingerprint density at radius 3 is 2.47 bits per heavy atom. The Hall–Kier alpha value is -5.18. The van der Waals surface area contributed by atoms with Crippen LogP contribution in [0.3, 0.4) is 0 Å². The molecular weight excluding hydrogens is 663 g/mol. The van der Waals surface area contributed by atoms with Crippen LogP contribution >= 0.6 is 24.0 Å². The van der Waals surface area contributed by atoms with Crippen molar-refractivity contribution in [3.8, 4) is 17.2 Å². The van der Waals surface area contributed by atoms with Crippen LogP contribution in [0, 0.1) is 6.92 Å². The van der Waals surface area contributed by atoms with Gasteiger partial charge in [0.15, 0.2) is 15.8 Å². The van der Waals surface area contributed by atoms with Crippen LogP contribution in [-0.2, 0) is 18.4 Å². The van der Waals surface area contributed by atoms with Gasteiger partial charge in [-0.3, -0.25) is 33.3 Å². The fraction of sp³-hybridized carbons (Fsp3) is 0.229. The van der Waals surface area contributed by atoms with E-state index >= 15 is 0 Å². The van der Waals surface area contributed by atoms with E-state index in [1.165, 1.54) is 14.0 Å². The summed E-state index contributed by atoms with van der Waals surface area (Å²) in [5, 5.41) is 0. The maximum atomic E-state index is 14.1. The van der Waals surface area contributed by atoms with Crippen LogP contribution in [0.5, 0.6) is 11.5 Å². The van der Waals surface area contributed by atoms with Crippen molar-refractivity contribution in [2.24, 2.45) is 7.05 Å². The molecule has 6 heterocycles. The normalized spacial score (nSPS) is 17.2. The van der Waals surface area contributed by atoms with E-state index in [1.54, 1.807) is 43.1 Å². The van der Waals surface area contributed by atoms with Gasteiger partial charge in [0, 0.05) is 46.0 Å². The molecule has 2 aromatic carbocycles. The maximum Gasteiger partial charge on any atom is 0.296 e. The highest BCUT2D eigenvalue weighted by Gasteiger charge is 2.38. The molecule has 0 spiro atoms. The van der Waals surface area contributed by atoms with E-state index in [9.17, 15) is 14.4 Å². The molecule has 14 heteroatoms. The summed E-state index contributed by atoms with van der Waals surface area (Å²) in [5.41, 5.74) is 2.71. The van der Waals surface area contributed by atoms with E-state index in [-0.39, 0.29) is 32.8 Å². The average Bonchev–Trinajstić information content (AvgIpc) is 3.76. The number of thiocarbonyl (C=S) groups is 1. The second-order valence-electron chi connectivity index (χ2n) is 12.0. The molecule has 0 radical (unpaired) electrons. The lowest BCUT2D eigenvalue weighted by Gasteiger charge is -2.36. The van der Waals surface area contributed by atoms with Crippen molar-refractivity contribution in [1.82, 2.24) is 23.6 Å². The highest BCUT2D eigenvalue weighted by atomic mass is 32.2. The highest BCUT2D eigenvalue weighted by Crippen LogP contribution is 2.37. The molecule has 3 aromatic heterocycles. The molecule has 0 atom stereocenters. The summed E-state index contributed by atoms with van der Waals surface area (Å²) in [4.78, 5) is 52.8. The summed E-state index contributed by atoms with van der Waals surface area (Å²) in [6.45, 7) is 5.51. The number of ether oxygens (including phenoxy) is 2. The number of hydrogen-bond donors (Lipinski definition) is 0. The fourth-order valence-electron chi connectivity index (χ4n) is 6.48. The smallest absolute Gasteiger partial charge is 0.296 e. The number of piperazine rings is 1. The molecule has 0 unspecified atom stereocenters. The molecule has 2 saturated heterocycles. The Balaban J connectivity index is 1.11. The number of carbonyl (C=O) groups excluding carboxylic acids is 1. The van der Waals surface area contributed by atoms with Gasteiger partial charge in [0.05, 0.1) is 21.8 Å².